The highest BCUT2D eigenvalue weighted by Crippen LogP contribution is 2.17. The molecule has 0 saturated carbocycles. The molecule has 4 aromatic rings. The summed E-state index contributed by atoms with van der Waals surface area (Å²) in [5.41, 5.74) is 3.35. The van der Waals surface area contributed by atoms with Gasteiger partial charge in [0.1, 0.15) is 12.4 Å². The second-order valence-corrected chi connectivity index (χ2v) is 5.48. The highest BCUT2D eigenvalue weighted by atomic mass is 16.2. The van der Waals surface area contributed by atoms with E-state index in [2.05, 4.69) is 35.6 Å². The Morgan fingerprint density at radius 1 is 1.04 bits per heavy atom. The summed E-state index contributed by atoms with van der Waals surface area (Å²) in [4.78, 5) is 24.7. The summed E-state index contributed by atoms with van der Waals surface area (Å²) in [6, 6.07) is 3.56. The molecule has 0 aliphatic carbocycles. The van der Waals surface area contributed by atoms with Gasteiger partial charge in [0.05, 0.1) is 24.3 Å². The topological polar surface area (TPSA) is 114 Å². The van der Waals surface area contributed by atoms with Crippen molar-refractivity contribution in [1.29, 1.82) is 0 Å². The summed E-state index contributed by atoms with van der Waals surface area (Å²) in [6.45, 7) is 0.0887. The van der Waals surface area contributed by atoms with Crippen LogP contribution in [0, 0.1) is 0 Å². The van der Waals surface area contributed by atoms with Crippen LogP contribution in [0.25, 0.3) is 22.4 Å². The number of nitrogens with one attached hydrogen (secondary N) is 2. The van der Waals surface area contributed by atoms with E-state index < -0.39 is 0 Å². The molecule has 0 aliphatic heterocycles. The first-order chi connectivity index (χ1) is 12.8. The zero-order valence-electron chi connectivity index (χ0n) is 13.6. The lowest BCUT2D eigenvalue weighted by molar-refractivity contribution is -0.116. The minimum absolute atomic E-state index is 0.0887. The Bertz CT molecular complexity index is 993. The molecule has 0 radical (unpaired) electrons. The van der Waals surface area contributed by atoms with Gasteiger partial charge in [-0.15, -0.1) is 0 Å². The van der Waals surface area contributed by atoms with Gasteiger partial charge in [0.25, 0.3) is 0 Å². The van der Waals surface area contributed by atoms with Crippen LogP contribution in [0.1, 0.15) is 0 Å². The monoisotopic (exact) mass is 346 g/mol. The maximum absolute atomic E-state index is 12.2. The number of aromatic amines is 1. The first-order valence-electron chi connectivity index (χ1n) is 7.82. The highest BCUT2D eigenvalue weighted by Gasteiger charge is 2.08. The van der Waals surface area contributed by atoms with Crippen LogP contribution in [0.2, 0.25) is 0 Å². The second-order valence-electron chi connectivity index (χ2n) is 5.48. The van der Waals surface area contributed by atoms with Crippen LogP contribution >= 0.6 is 0 Å². The third-order valence-corrected chi connectivity index (χ3v) is 3.66. The van der Waals surface area contributed by atoms with Crippen LogP contribution < -0.4 is 5.32 Å². The van der Waals surface area contributed by atoms with Gasteiger partial charge in [0.15, 0.2) is 0 Å². The van der Waals surface area contributed by atoms with Crippen molar-refractivity contribution in [1.82, 2.24) is 34.9 Å². The van der Waals surface area contributed by atoms with Crippen LogP contribution in [-0.4, -0.2) is 40.8 Å². The van der Waals surface area contributed by atoms with E-state index in [1.807, 2.05) is 6.07 Å². The van der Waals surface area contributed by atoms with Crippen molar-refractivity contribution >= 4 is 11.7 Å². The van der Waals surface area contributed by atoms with Crippen LogP contribution in [0.3, 0.4) is 0 Å². The number of carbonyl (C=O) groups is 1. The number of H-pyrrole nitrogens is 1. The van der Waals surface area contributed by atoms with Gasteiger partial charge in [-0.25, -0.2) is 4.98 Å². The number of nitrogens with zero attached hydrogens (tertiary/aromatic N) is 6. The zero-order chi connectivity index (χ0) is 17.8. The Morgan fingerprint density at radius 3 is 2.73 bits per heavy atom. The fourth-order valence-electron chi connectivity index (χ4n) is 2.40. The van der Waals surface area contributed by atoms with Crippen molar-refractivity contribution in [3.8, 4) is 22.4 Å². The third-order valence-electron chi connectivity index (χ3n) is 3.66. The summed E-state index contributed by atoms with van der Waals surface area (Å²) in [5, 5.41) is 13.6. The molecule has 26 heavy (non-hydrogen) atoms. The Balaban J connectivity index is 1.39. The van der Waals surface area contributed by atoms with Gasteiger partial charge in [-0.1, -0.05) is 0 Å². The van der Waals surface area contributed by atoms with E-state index in [4.69, 9.17) is 0 Å². The predicted octanol–water partition coefficient (Wildman–Crippen LogP) is 1.76. The number of aromatic nitrogens is 7. The lowest BCUT2D eigenvalue weighted by Gasteiger charge is -2.05. The van der Waals surface area contributed by atoms with E-state index in [0.717, 1.165) is 22.4 Å². The van der Waals surface area contributed by atoms with Crippen LogP contribution in [0.5, 0.6) is 0 Å². The van der Waals surface area contributed by atoms with Crippen LogP contribution in [-0.2, 0) is 11.3 Å². The van der Waals surface area contributed by atoms with Crippen molar-refractivity contribution in [2.75, 3.05) is 5.32 Å². The molecule has 9 nitrogen and oxygen atoms in total. The van der Waals surface area contributed by atoms with E-state index in [1.54, 1.807) is 60.3 Å². The number of anilines is 1. The summed E-state index contributed by atoms with van der Waals surface area (Å²) < 4.78 is 1.56. The van der Waals surface area contributed by atoms with Crippen molar-refractivity contribution in [2.24, 2.45) is 0 Å². The first kappa shape index (κ1) is 15.6. The molecule has 0 unspecified atom stereocenters. The standard InChI is InChI=1S/C17H14N8O/c26-17(11-25-10-14(8-23-25)13-6-21-22-7-13)24-16-2-1-12(5-20-16)15-9-18-3-4-19-15/h1-10H,11H2,(H,21,22)(H,20,24,26). The van der Waals surface area contributed by atoms with Crippen molar-refractivity contribution in [3.05, 3.63) is 61.7 Å². The fraction of sp³-hybridized carbons (Fsp3) is 0.0588. The van der Waals surface area contributed by atoms with E-state index in [-0.39, 0.29) is 12.5 Å². The average molecular weight is 346 g/mol. The molecule has 0 aliphatic rings. The van der Waals surface area contributed by atoms with Crippen molar-refractivity contribution in [3.63, 3.8) is 0 Å². The van der Waals surface area contributed by atoms with E-state index in [9.17, 15) is 4.79 Å². The summed E-state index contributed by atoms with van der Waals surface area (Å²) in [5.74, 6) is 0.247. The Morgan fingerprint density at radius 2 is 2.00 bits per heavy atom. The van der Waals surface area contributed by atoms with Gasteiger partial charge in [-0.05, 0) is 12.1 Å². The molecular formula is C17H14N8O. The molecule has 0 aromatic carbocycles. The minimum Gasteiger partial charge on any atom is -0.309 e. The number of carbonyl (C=O) groups excluding carboxylic acids is 1. The molecule has 128 valence electrons. The van der Waals surface area contributed by atoms with Gasteiger partial charge >= 0.3 is 0 Å². The Hall–Kier alpha value is -3.88. The summed E-state index contributed by atoms with van der Waals surface area (Å²) in [7, 11) is 0. The minimum atomic E-state index is -0.216. The first-order valence-corrected chi connectivity index (χ1v) is 7.82. The third kappa shape index (κ3) is 3.46. The second kappa shape index (κ2) is 6.93. The molecule has 4 rings (SSSR count). The lowest BCUT2D eigenvalue weighted by atomic mass is 10.2. The van der Waals surface area contributed by atoms with E-state index in [1.165, 1.54) is 0 Å². The zero-order valence-corrected chi connectivity index (χ0v) is 13.6. The van der Waals surface area contributed by atoms with Gasteiger partial charge in [-0.2, -0.15) is 10.2 Å². The predicted molar refractivity (Wildman–Crippen MR) is 93.7 cm³/mol. The highest BCUT2D eigenvalue weighted by molar-refractivity contribution is 5.89. The van der Waals surface area contributed by atoms with Crippen molar-refractivity contribution in [2.45, 2.75) is 6.54 Å². The molecule has 0 fully saturated rings. The molecule has 4 aromatic heterocycles. The maximum atomic E-state index is 12.2. The fourth-order valence-corrected chi connectivity index (χ4v) is 2.40. The maximum Gasteiger partial charge on any atom is 0.247 e. The SMILES string of the molecule is O=C(Cn1cc(-c2cn[nH]c2)cn1)Nc1ccc(-c2cnccn2)cn1. The van der Waals surface area contributed by atoms with Gasteiger partial charge in [0.2, 0.25) is 5.91 Å². The Kier molecular flexibility index (Phi) is 4.17. The molecular weight excluding hydrogens is 332 g/mol. The molecule has 4 heterocycles. The molecule has 0 saturated heterocycles. The van der Waals surface area contributed by atoms with Crippen LogP contribution in [0.15, 0.2) is 61.7 Å². The molecule has 9 heteroatoms. The molecule has 1 amide bonds. The van der Waals surface area contributed by atoms with Gasteiger partial charge < -0.3 is 5.32 Å². The number of rotatable bonds is 5. The van der Waals surface area contributed by atoms with Gasteiger partial charge in [-0.3, -0.25) is 24.5 Å². The Labute approximate surface area is 148 Å². The van der Waals surface area contributed by atoms with E-state index in [0.29, 0.717) is 5.82 Å². The lowest BCUT2D eigenvalue weighted by Crippen LogP contribution is -2.19. The molecule has 0 atom stereocenters. The van der Waals surface area contributed by atoms with Crippen LogP contribution in [0.4, 0.5) is 5.82 Å². The number of pyridine rings is 1. The largest absolute Gasteiger partial charge is 0.309 e. The normalized spacial score (nSPS) is 10.6. The van der Waals surface area contributed by atoms with Gasteiger partial charge in [0, 0.05) is 47.7 Å². The number of hydrogen-bond acceptors (Lipinski definition) is 6. The van der Waals surface area contributed by atoms with Crippen molar-refractivity contribution < 1.29 is 4.79 Å². The number of amides is 1. The average Bonchev–Trinajstić information content (AvgIpc) is 3.35. The molecule has 2 N–H and O–H groups in total. The quantitative estimate of drug-likeness (QED) is 0.569. The smallest absolute Gasteiger partial charge is 0.247 e. The number of hydrogen-bond donors (Lipinski definition) is 2. The molecule has 0 bridgehead atoms. The molecule has 0 spiro atoms. The summed E-state index contributed by atoms with van der Waals surface area (Å²) >= 11 is 0. The van der Waals surface area contributed by atoms with E-state index >= 15 is 0 Å². The summed E-state index contributed by atoms with van der Waals surface area (Å²) in [6.07, 6.45) is 13.5.